The molecule has 14 atom stereocenters. The van der Waals surface area contributed by atoms with Gasteiger partial charge in [0.25, 0.3) is 0 Å². The van der Waals surface area contributed by atoms with Crippen LogP contribution < -0.4 is 0 Å². The summed E-state index contributed by atoms with van der Waals surface area (Å²) in [5, 5.41) is 72.2. The zero-order valence-corrected chi connectivity index (χ0v) is 22.0. The van der Waals surface area contributed by atoms with Crippen molar-refractivity contribution in [2.45, 2.75) is 114 Å². The summed E-state index contributed by atoms with van der Waals surface area (Å²) in [5.74, 6) is -1.65. The second kappa shape index (κ2) is 9.73. The van der Waals surface area contributed by atoms with Gasteiger partial charge in [-0.25, -0.2) is 4.79 Å². The molecule has 0 spiro atoms. The number of carbonyl (C=O) groups is 2. The molecule has 0 unspecified atom stereocenters. The SMILES string of the molecule is C[C@]12CC[C@@H](O[C@@H]3O[C@H](C(=O)O)[C@@H](O)[C@H](O)[C@H]3O)C[C@H]1CC[C@@H]1[C@@H]2[C@@H](O)C[C@@]2(C)[C@H]1CC[C@]2(O)C(=O)CO. The maximum atomic E-state index is 12.6. The third-order valence-corrected chi connectivity index (χ3v) is 11.4. The molecule has 0 aromatic heterocycles. The molecule has 4 aliphatic carbocycles. The molecule has 7 N–H and O–H groups in total. The summed E-state index contributed by atoms with van der Waals surface area (Å²) >= 11 is 0. The van der Waals surface area contributed by atoms with Crippen LogP contribution in [-0.2, 0) is 19.1 Å². The summed E-state index contributed by atoms with van der Waals surface area (Å²) in [6.07, 6.45) is -4.37. The van der Waals surface area contributed by atoms with E-state index in [1.807, 2.05) is 6.92 Å². The van der Waals surface area contributed by atoms with Crippen LogP contribution in [0.2, 0.25) is 0 Å². The number of hydrogen-bond donors (Lipinski definition) is 7. The van der Waals surface area contributed by atoms with E-state index in [1.54, 1.807) is 0 Å². The molecule has 1 saturated heterocycles. The number of aliphatic hydroxyl groups is 6. The van der Waals surface area contributed by atoms with Crippen LogP contribution in [0.5, 0.6) is 0 Å². The maximum Gasteiger partial charge on any atom is 0.335 e. The monoisotopic (exact) mass is 542 g/mol. The molecule has 216 valence electrons. The lowest BCUT2D eigenvalue weighted by Gasteiger charge is -2.63. The smallest absolute Gasteiger partial charge is 0.335 e. The summed E-state index contributed by atoms with van der Waals surface area (Å²) in [4.78, 5) is 24.0. The standard InChI is InChI=1S/C27H42O11/c1-25-7-5-13(37-24-21(33)19(31)20(32)22(38-24)23(34)35)9-12(25)3-4-14-15-6-8-27(36,17(30)11-28)26(15,2)10-16(29)18(14)25/h12-16,18-22,24,28-29,31-33,36H,3-11H2,1-2H3,(H,34,35)/t12-,13-,14+,15+,16+,18-,19+,20+,21-,22+,24-,25+,26+,27+/m1/s1. The van der Waals surface area contributed by atoms with Gasteiger partial charge in [-0.15, -0.1) is 0 Å². The van der Waals surface area contributed by atoms with Crippen molar-refractivity contribution < 1.29 is 54.8 Å². The van der Waals surface area contributed by atoms with E-state index in [-0.39, 0.29) is 35.2 Å². The van der Waals surface area contributed by atoms with Crippen molar-refractivity contribution in [2.24, 2.45) is 34.5 Å². The molecule has 0 aromatic rings. The zero-order valence-electron chi connectivity index (χ0n) is 22.0. The Morgan fingerprint density at radius 1 is 0.974 bits per heavy atom. The second-order valence-electron chi connectivity index (χ2n) is 13.0. The summed E-state index contributed by atoms with van der Waals surface area (Å²) in [6.45, 7) is 3.37. The van der Waals surface area contributed by atoms with E-state index in [2.05, 4.69) is 6.92 Å². The first-order chi connectivity index (χ1) is 17.8. The lowest BCUT2D eigenvalue weighted by Crippen LogP contribution is -2.63. The molecule has 5 aliphatic rings. The highest BCUT2D eigenvalue weighted by Crippen LogP contribution is 2.68. The van der Waals surface area contributed by atoms with Crippen molar-refractivity contribution >= 4 is 11.8 Å². The minimum Gasteiger partial charge on any atom is -0.479 e. The van der Waals surface area contributed by atoms with Crippen molar-refractivity contribution in [1.82, 2.24) is 0 Å². The summed E-state index contributed by atoms with van der Waals surface area (Å²) in [6, 6.07) is 0. The highest BCUT2D eigenvalue weighted by Gasteiger charge is 2.68. The second-order valence-corrected chi connectivity index (χ2v) is 13.0. The fraction of sp³-hybridized carbons (Fsp3) is 0.926. The fourth-order valence-electron chi connectivity index (χ4n) is 9.42. The van der Waals surface area contributed by atoms with E-state index in [0.717, 1.165) is 19.3 Å². The first-order valence-corrected chi connectivity index (χ1v) is 13.9. The van der Waals surface area contributed by atoms with E-state index in [1.165, 1.54) is 0 Å². The predicted octanol–water partition coefficient (Wildman–Crippen LogP) is -0.430. The first-order valence-electron chi connectivity index (χ1n) is 13.9. The average molecular weight is 543 g/mol. The van der Waals surface area contributed by atoms with Gasteiger partial charge in [0.05, 0.1) is 12.2 Å². The minimum atomic E-state index is -1.77. The van der Waals surface area contributed by atoms with Crippen LogP contribution in [0, 0.1) is 34.5 Å². The molecule has 0 bridgehead atoms. The molecule has 0 radical (unpaired) electrons. The molecule has 1 aliphatic heterocycles. The lowest BCUT2D eigenvalue weighted by molar-refractivity contribution is -0.310. The number of fused-ring (bicyclic) bond motifs is 5. The number of ketones is 1. The number of hydrogen-bond acceptors (Lipinski definition) is 10. The van der Waals surface area contributed by atoms with Gasteiger partial charge in [0, 0.05) is 5.41 Å². The third-order valence-electron chi connectivity index (χ3n) is 11.4. The topological polar surface area (TPSA) is 194 Å². The minimum absolute atomic E-state index is 0.0169. The van der Waals surface area contributed by atoms with Crippen LogP contribution in [0.1, 0.15) is 65.2 Å². The summed E-state index contributed by atoms with van der Waals surface area (Å²) < 4.78 is 11.3. The molecule has 0 aromatic carbocycles. The number of aliphatic carboxylic acids is 1. The zero-order chi connectivity index (χ0) is 27.8. The molecule has 11 heteroatoms. The molecule has 4 saturated carbocycles. The van der Waals surface area contributed by atoms with Gasteiger partial charge < -0.3 is 45.2 Å². The third kappa shape index (κ3) is 4.00. The van der Waals surface area contributed by atoms with Crippen LogP contribution in [0.25, 0.3) is 0 Å². The van der Waals surface area contributed by atoms with E-state index < -0.39 is 66.2 Å². The van der Waals surface area contributed by atoms with Gasteiger partial charge in [0.1, 0.15) is 30.5 Å². The molecular weight excluding hydrogens is 500 g/mol. The predicted molar refractivity (Wildman–Crippen MR) is 129 cm³/mol. The van der Waals surface area contributed by atoms with Crippen molar-refractivity contribution in [2.75, 3.05) is 6.61 Å². The van der Waals surface area contributed by atoms with Gasteiger partial charge >= 0.3 is 5.97 Å². The Morgan fingerprint density at radius 2 is 1.68 bits per heavy atom. The van der Waals surface area contributed by atoms with E-state index in [9.17, 15) is 45.3 Å². The Kier molecular flexibility index (Phi) is 7.26. The van der Waals surface area contributed by atoms with Crippen LogP contribution in [0.3, 0.4) is 0 Å². The Labute approximate surface area is 221 Å². The Bertz CT molecular complexity index is 944. The molecule has 5 fully saturated rings. The number of ether oxygens (including phenoxy) is 2. The lowest BCUT2D eigenvalue weighted by atomic mass is 9.43. The van der Waals surface area contributed by atoms with Crippen molar-refractivity contribution in [3.05, 3.63) is 0 Å². The van der Waals surface area contributed by atoms with Crippen LogP contribution in [0.15, 0.2) is 0 Å². The Morgan fingerprint density at radius 3 is 2.34 bits per heavy atom. The number of rotatable bonds is 5. The van der Waals surface area contributed by atoms with Crippen molar-refractivity contribution in [3.8, 4) is 0 Å². The van der Waals surface area contributed by atoms with Crippen molar-refractivity contribution in [1.29, 1.82) is 0 Å². The van der Waals surface area contributed by atoms with E-state index in [0.29, 0.717) is 32.1 Å². The van der Waals surface area contributed by atoms with E-state index >= 15 is 0 Å². The van der Waals surface area contributed by atoms with Crippen LogP contribution >= 0.6 is 0 Å². The van der Waals surface area contributed by atoms with Gasteiger partial charge in [-0.05, 0) is 80.5 Å². The van der Waals surface area contributed by atoms with Gasteiger partial charge in [-0.3, -0.25) is 4.79 Å². The molecule has 38 heavy (non-hydrogen) atoms. The fourth-order valence-corrected chi connectivity index (χ4v) is 9.42. The van der Waals surface area contributed by atoms with Gasteiger partial charge in [0.15, 0.2) is 18.2 Å². The maximum absolute atomic E-state index is 12.6. The van der Waals surface area contributed by atoms with Crippen LogP contribution in [0.4, 0.5) is 0 Å². The van der Waals surface area contributed by atoms with Gasteiger partial charge in [-0.2, -0.15) is 0 Å². The molecule has 11 nitrogen and oxygen atoms in total. The first kappa shape index (κ1) is 28.4. The number of carbonyl (C=O) groups excluding carboxylic acids is 1. The molecule has 0 amide bonds. The summed E-state index contributed by atoms with van der Waals surface area (Å²) in [5.41, 5.74) is -2.64. The summed E-state index contributed by atoms with van der Waals surface area (Å²) in [7, 11) is 0. The number of carboxylic acids is 1. The Hall–Kier alpha value is -1.18. The normalized spacial score (nSPS) is 54.5. The number of aliphatic hydroxyl groups excluding tert-OH is 5. The van der Waals surface area contributed by atoms with E-state index in [4.69, 9.17) is 9.47 Å². The molecule has 5 rings (SSSR count). The quantitative estimate of drug-likeness (QED) is 0.223. The largest absolute Gasteiger partial charge is 0.479 e. The number of Topliss-reactive ketones (excluding diaryl/α,β-unsaturated/α-hetero) is 1. The van der Waals surface area contributed by atoms with Gasteiger partial charge in [0.2, 0.25) is 0 Å². The highest BCUT2D eigenvalue weighted by atomic mass is 16.7. The molecule has 1 heterocycles. The van der Waals surface area contributed by atoms with Gasteiger partial charge in [-0.1, -0.05) is 13.8 Å². The van der Waals surface area contributed by atoms with Crippen LogP contribution in [-0.4, -0.2) is 103 Å². The molecular formula is C27H42O11. The Balaban J connectivity index is 1.31. The highest BCUT2D eigenvalue weighted by molar-refractivity contribution is 5.89. The van der Waals surface area contributed by atoms with Crippen molar-refractivity contribution in [3.63, 3.8) is 0 Å². The average Bonchev–Trinajstić information content (AvgIpc) is 3.14. The number of carboxylic acid groups (broad SMARTS) is 1.